The van der Waals surface area contributed by atoms with Crippen molar-refractivity contribution in [1.29, 1.82) is 0 Å². The lowest BCUT2D eigenvalue weighted by molar-refractivity contribution is -0.309. The van der Waals surface area contributed by atoms with Gasteiger partial charge in [0, 0.05) is 19.4 Å². The first-order valence-corrected chi connectivity index (χ1v) is 21.3. The molecule has 6 N–H and O–H groups in total. The zero-order valence-electron chi connectivity index (χ0n) is 32.8. The number of unbranched alkanes of at least 4 members (excludes halogenated alkanes) is 23. The number of nitrogens with two attached hydrogens (primary N) is 1. The van der Waals surface area contributed by atoms with E-state index in [0.717, 1.165) is 51.5 Å². The van der Waals surface area contributed by atoms with E-state index >= 15 is 0 Å². The first kappa shape index (κ1) is 48.2. The maximum atomic E-state index is 13.8. The predicted octanol–water partition coefficient (Wildman–Crippen LogP) is 8.22. The molecule has 0 radical (unpaired) electrons. The van der Waals surface area contributed by atoms with E-state index in [4.69, 9.17) is 10.5 Å². The maximum absolute atomic E-state index is 13.8. The van der Waals surface area contributed by atoms with Crippen molar-refractivity contribution in [3.8, 4) is 0 Å². The quantitative estimate of drug-likeness (QED) is 0.0353. The minimum Gasteiger partial charge on any atom is -0.388 e. The summed E-state index contributed by atoms with van der Waals surface area (Å²) < 4.78 is 6.13. The highest BCUT2D eigenvalue weighted by Crippen LogP contribution is 2.33. The van der Waals surface area contributed by atoms with Crippen molar-refractivity contribution in [3.05, 3.63) is 0 Å². The van der Waals surface area contributed by atoms with Crippen molar-refractivity contribution in [1.82, 2.24) is 10.2 Å². The summed E-state index contributed by atoms with van der Waals surface area (Å²) in [7, 11) is 0. The first-order valence-electron chi connectivity index (χ1n) is 21.3. The van der Waals surface area contributed by atoms with Crippen LogP contribution in [0.1, 0.15) is 200 Å². The Kier molecular flexibility index (Phi) is 27.9. The van der Waals surface area contributed by atoms with Gasteiger partial charge in [0.05, 0.1) is 12.1 Å². The van der Waals surface area contributed by atoms with Crippen LogP contribution >= 0.6 is 12.4 Å². The van der Waals surface area contributed by atoms with E-state index in [1.165, 1.54) is 120 Å². The van der Waals surface area contributed by atoms with Crippen LogP contribution in [-0.4, -0.2) is 81.3 Å². The zero-order valence-corrected chi connectivity index (χ0v) is 33.6. The van der Waals surface area contributed by atoms with Gasteiger partial charge in [-0.15, -0.1) is 12.4 Å². The third-order valence-corrected chi connectivity index (χ3v) is 11.1. The normalized spacial score (nSPS) is 24.8. The molecule has 0 aromatic rings. The summed E-state index contributed by atoms with van der Waals surface area (Å²) in [4.78, 5) is 28.2. The van der Waals surface area contributed by atoms with Gasteiger partial charge in [0.15, 0.2) is 5.78 Å². The molecule has 10 heteroatoms. The molecule has 0 aromatic heterocycles. The van der Waals surface area contributed by atoms with E-state index in [9.17, 15) is 24.9 Å². The molecule has 2 saturated heterocycles. The number of aliphatic hydroxyl groups is 3. The van der Waals surface area contributed by atoms with Crippen molar-refractivity contribution in [2.45, 2.75) is 236 Å². The Balaban J connectivity index is 0.0000130. The van der Waals surface area contributed by atoms with Gasteiger partial charge in [-0.1, -0.05) is 162 Å². The summed E-state index contributed by atoms with van der Waals surface area (Å²) in [5, 5.41) is 36.0. The van der Waals surface area contributed by atoms with Crippen LogP contribution in [-0.2, 0) is 14.3 Å². The van der Waals surface area contributed by atoms with Gasteiger partial charge in [-0.25, -0.2) is 0 Å². The van der Waals surface area contributed by atoms with Crippen molar-refractivity contribution in [3.63, 3.8) is 0 Å². The lowest BCUT2D eigenvalue weighted by Crippen LogP contribution is -2.76. The number of hydrogen-bond acceptors (Lipinski definition) is 8. The number of amides is 1. The second kappa shape index (κ2) is 29.5. The summed E-state index contributed by atoms with van der Waals surface area (Å²) in [6, 6.07) is -0.323. The molecule has 0 unspecified atom stereocenters. The standard InChI is InChI=1S/C41H79N3O6.ClH/c1-3-5-7-9-11-13-15-16-17-18-19-20-22-24-26-30-37(46)44(32-27-25-23-21-14-12-10-8-6-4-2)41(42)40(49)39(48)38(47)36(50-41)33-35(45)34-29-28-31-43-34;/h34,36,38-40,43,47-49H,3-33,42H2,1-2H3;1H/t34-,36+,38-,39-,40+,41-;/m0./s1. The van der Waals surface area contributed by atoms with E-state index in [0.29, 0.717) is 12.8 Å². The average Bonchev–Trinajstić information content (AvgIpc) is 3.66. The summed E-state index contributed by atoms with van der Waals surface area (Å²) in [5.41, 5.74) is 6.73. The van der Waals surface area contributed by atoms with Gasteiger partial charge in [0.25, 0.3) is 0 Å². The molecule has 6 atom stereocenters. The number of rotatable bonds is 31. The van der Waals surface area contributed by atoms with Gasteiger partial charge in [-0.3, -0.25) is 20.2 Å². The lowest BCUT2D eigenvalue weighted by Gasteiger charge is -2.51. The Morgan fingerprint density at radius 3 is 1.55 bits per heavy atom. The molecule has 2 fully saturated rings. The number of ether oxygens (including phenoxy) is 1. The van der Waals surface area contributed by atoms with Crippen molar-refractivity contribution in [2.75, 3.05) is 13.1 Å². The van der Waals surface area contributed by atoms with E-state index in [1.54, 1.807) is 0 Å². The molecule has 9 nitrogen and oxygen atoms in total. The van der Waals surface area contributed by atoms with Gasteiger partial charge in [0.2, 0.25) is 11.8 Å². The number of ketones is 1. The largest absolute Gasteiger partial charge is 0.388 e. The van der Waals surface area contributed by atoms with Gasteiger partial charge in [-0.2, -0.15) is 0 Å². The average molecular weight is 747 g/mol. The molecule has 2 aliphatic heterocycles. The van der Waals surface area contributed by atoms with Crippen LogP contribution in [0.15, 0.2) is 0 Å². The van der Waals surface area contributed by atoms with Crippen molar-refractivity contribution in [2.24, 2.45) is 5.73 Å². The van der Waals surface area contributed by atoms with E-state index < -0.39 is 30.3 Å². The minimum atomic E-state index is -2.03. The van der Waals surface area contributed by atoms with Crippen LogP contribution in [0.3, 0.4) is 0 Å². The van der Waals surface area contributed by atoms with E-state index in [1.807, 2.05) is 0 Å². The van der Waals surface area contributed by atoms with Crippen LogP contribution in [0.4, 0.5) is 0 Å². The molecule has 2 rings (SSSR count). The Labute approximate surface area is 318 Å². The van der Waals surface area contributed by atoms with Gasteiger partial charge in [-0.05, 0) is 32.2 Å². The molecule has 0 saturated carbocycles. The molecular weight excluding hydrogens is 666 g/mol. The molecule has 51 heavy (non-hydrogen) atoms. The number of halogens is 1. The first-order chi connectivity index (χ1) is 24.3. The van der Waals surface area contributed by atoms with Gasteiger partial charge >= 0.3 is 0 Å². The lowest BCUT2D eigenvalue weighted by atomic mass is 9.90. The molecular formula is C41H80ClN3O6. The van der Waals surface area contributed by atoms with Crippen LogP contribution in [0.5, 0.6) is 0 Å². The monoisotopic (exact) mass is 746 g/mol. The second-order valence-electron chi connectivity index (χ2n) is 15.6. The molecule has 0 aliphatic carbocycles. The Morgan fingerprint density at radius 2 is 1.12 bits per heavy atom. The summed E-state index contributed by atoms with van der Waals surface area (Å²) in [5.74, 6) is -2.37. The Bertz CT molecular complexity index is 878. The molecule has 2 aliphatic rings. The van der Waals surface area contributed by atoms with Crippen LogP contribution in [0, 0.1) is 0 Å². The fraction of sp³-hybridized carbons (Fsp3) is 0.951. The highest BCUT2D eigenvalue weighted by Gasteiger charge is 2.56. The fourth-order valence-electron chi connectivity index (χ4n) is 7.75. The Hall–Kier alpha value is -0.810. The SMILES string of the molecule is CCCCCCCCCCCCCCCCCC(=O)N(CCCCCCCCCCCC)[C@]1(N)O[C@H](CC(=O)[C@@H]2CCCN2)[C@H](O)[C@H](O)[C@H]1O.Cl. The van der Waals surface area contributed by atoms with Gasteiger partial charge < -0.3 is 25.4 Å². The second-order valence-corrected chi connectivity index (χ2v) is 15.6. The molecule has 1 amide bonds. The summed E-state index contributed by atoms with van der Waals surface area (Å²) >= 11 is 0. The van der Waals surface area contributed by atoms with Crippen LogP contribution in [0.25, 0.3) is 0 Å². The third kappa shape index (κ3) is 18.9. The zero-order chi connectivity index (χ0) is 36.5. The minimum absolute atomic E-state index is 0. The highest BCUT2D eigenvalue weighted by atomic mass is 35.5. The number of carbonyl (C=O) groups is 2. The van der Waals surface area contributed by atoms with Crippen molar-refractivity contribution >= 4 is 24.1 Å². The number of carbonyl (C=O) groups excluding carboxylic acids is 2. The van der Waals surface area contributed by atoms with E-state index in [2.05, 4.69) is 19.2 Å². The summed E-state index contributed by atoms with van der Waals surface area (Å²) in [6.45, 7) is 5.54. The smallest absolute Gasteiger partial charge is 0.227 e. The van der Waals surface area contributed by atoms with Crippen LogP contribution in [0.2, 0.25) is 0 Å². The number of hydrogen-bond donors (Lipinski definition) is 5. The topological polar surface area (TPSA) is 145 Å². The molecule has 0 bridgehead atoms. The Morgan fingerprint density at radius 1 is 0.686 bits per heavy atom. The number of nitrogens with zero attached hydrogens (tertiary/aromatic N) is 1. The van der Waals surface area contributed by atoms with Crippen molar-refractivity contribution < 1.29 is 29.6 Å². The third-order valence-electron chi connectivity index (χ3n) is 11.1. The summed E-state index contributed by atoms with van der Waals surface area (Å²) in [6.07, 6.45) is 25.9. The van der Waals surface area contributed by atoms with Crippen LogP contribution < -0.4 is 11.1 Å². The number of aliphatic hydroxyl groups excluding tert-OH is 3. The molecule has 0 aromatic carbocycles. The van der Waals surface area contributed by atoms with Gasteiger partial charge in [0.1, 0.15) is 18.3 Å². The molecule has 0 spiro atoms. The number of Topliss-reactive ketones (excluding diaryl/α,β-unsaturated/α-hetero) is 1. The highest BCUT2D eigenvalue weighted by molar-refractivity contribution is 5.85. The van der Waals surface area contributed by atoms with E-state index in [-0.39, 0.29) is 49.5 Å². The maximum Gasteiger partial charge on any atom is 0.227 e. The number of nitrogens with one attached hydrogen (secondary N) is 1. The molecule has 302 valence electrons. The molecule has 2 heterocycles. The predicted molar refractivity (Wildman–Crippen MR) is 211 cm³/mol. The fourth-order valence-corrected chi connectivity index (χ4v) is 7.75.